The minimum Gasteiger partial charge on any atom is -0.508 e. The first-order valence-electron chi connectivity index (χ1n) is 13.5. The van der Waals surface area contributed by atoms with Crippen LogP contribution in [0.4, 0.5) is 10.2 Å². The number of benzene rings is 2. The van der Waals surface area contributed by atoms with E-state index in [0.717, 1.165) is 29.7 Å². The van der Waals surface area contributed by atoms with Crippen LogP contribution < -0.4 is 9.64 Å². The molecule has 1 saturated heterocycles. The molecule has 7 rings (SSSR count). The highest BCUT2D eigenvalue weighted by molar-refractivity contribution is 5.99. The third-order valence-corrected chi connectivity index (χ3v) is 8.13. The van der Waals surface area contributed by atoms with E-state index in [-0.39, 0.29) is 23.0 Å². The molecule has 39 heavy (non-hydrogen) atoms. The van der Waals surface area contributed by atoms with Crippen LogP contribution in [0.3, 0.4) is 0 Å². The number of aryl methyl sites for hydroxylation is 1. The lowest BCUT2D eigenvalue weighted by Gasteiger charge is -2.33. The molecule has 8 nitrogen and oxygen atoms in total. The summed E-state index contributed by atoms with van der Waals surface area (Å²) in [7, 11) is 1.94. The highest BCUT2D eigenvalue weighted by Gasteiger charge is 2.34. The Bertz CT molecular complexity index is 1690. The summed E-state index contributed by atoms with van der Waals surface area (Å²) in [4.78, 5) is 20.5. The summed E-state index contributed by atoms with van der Waals surface area (Å²) in [6, 6.07) is 10.9. The van der Waals surface area contributed by atoms with Crippen LogP contribution in [0.15, 0.2) is 55.0 Å². The van der Waals surface area contributed by atoms with E-state index >= 15 is 4.39 Å². The van der Waals surface area contributed by atoms with Crippen LogP contribution in [0, 0.1) is 17.7 Å². The van der Waals surface area contributed by atoms with Crippen LogP contribution in [0.1, 0.15) is 25.1 Å². The van der Waals surface area contributed by atoms with Gasteiger partial charge in [-0.1, -0.05) is 24.3 Å². The number of aromatic hydroxyl groups is 1. The monoisotopic (exact) mass is 524 g/mol. The second kappa shape index (κ2) is 9.48. The van der Waals surface area contributed by atoms with Crippen molar-refractivity contribution < 1.29 is 14.2 Å². The Kier molecular flexibility index (Phi) is 5.79. The van der Waals surface area contributed by atoms with Gasteiger partial charge >= 0.3 is 6.01 Å². The Hall–Kier alpha value is -4.27. The number of rotatable bonds is 6. The number of phenols is 1. The number of nitrogens with zero attached hydrogens (tertiary/aromatic N) is 6. The summed E-state index contributed by atoms with van der Waals surface area (Å²) < 4.78 is 24.3. The minimum atomic E-state index is -0.555. The molecule has 3 aromatic heterocycles. The largest absolute Gasteiger partial charge is 0.508 e. The summed E-state index contributed by atoms with van der Waals surface area (Å²) in [6.07, 6.45) is 9.56. The maximum absolute atomic E-state index is 16.4. The predicted octanol–water partition coefficient (Wildman–Crippen LogP) is 5.28. The molecule has 2 aliphatic rings. The van der Waals surface area contributed by atoms with E-state index in [1.165, 1.54) is 19.3 Å². The Labute approximate surface area is 225 Å². The molecule has 1 aliphatic heterocycles. The fraction of sp³-hybridized carbons (Fsp3) is 0.333. The highest BCUT2D eigenvalue weighted by atomic mass is 19.1. The highest BCUT2D eigenvalue weighted by Crippen LogP contribution is 2.41. The number of pyridine rings is 1. The fourth-order valence-corrected chi connectivity index (χ4v) is 6.26. The third kappa shape index (κ3) is 4.31. The van der Waals surface area contributed by atoms with E-state index < -0.39 is 5.82 Å². The van der Waals surface area contributed by atoms with Gasteiger partial charge in [-0.05, 0) is 54.0 Å². The van der Waals surface area contributed by atoms with Crippen LogP contribution in [-0.4, -0.2) is 49.3 Å². The van der Waals surface area contributed by atoms with Crippen molar-refractivity contribution in [3.63, 3.8) is 0 Å². The minimum absolute atomic E-state index is 0.0514. The van der Waals surface area contributed by atoms with Gasteiger partial charge in [0, 0.05) is 50.7 Å². The Morgan fingerprint density at radius 2 is 1.87 bits per heavy atom. The Morgan fingerprint density at radius 1 is 1.05 bits per heavy atom. The molecule has 1 saturated carbocycles. The zero-order chi connectivity index (χ0) is 26.5. The number of aromatic nitrogens is 5. The number of halogens is 1. The number of hydrogen-bond donors (Lipinski definition) is 1. The van der Waals surface area contributed by atoms with Crippen LogP contribution in [-0.2, 0) is 13.5 Å². The van der Waals surface area contributed by atoms with Crippen LogP contribution in [0.2, 0.25) is 0 Å². The van der Waals surface area contributed by atoms with Gasteiger partial charge in [0.05, 0.1) is 12.0 Å². The lowest BCUT2D eigenvalue weighted by Crippen LogP contribution is -2.37. The van der Waals surface area contributed by atoms with Crippen molar-refractivity contribution in [1.82, 2.24) is 24.5 Å². The second-order valence-corrected chi connectivity index (χ2v) is 10.7. The average molecular weight is 525 g/mol. The van der Waals surface area contributed by atoms with Crippen molar-refractivity contribution in [2.45, 2.75) is 25.7 Å². The molecule has 4 heterocycles. The molecule has 2 unspecified atom stereocenters. The molecular weight excluding hydrogens is 495 g/mol. The van der Waals surface area contributed by atoms with Gasteiger partial charge in [0.15, 0.2) is 5.82 Å². The molecule has 9 heteroatoms. The van der Waals surface area contributed by atoms with Crippen molar-refractivity contribution in [3.05, 3.63) is 66.6 Å². The van der Waals surface area contributed by atoms with Crippen molar-refractivity contribution >= 4 is 27.5 Å². The quantitative estimate of drug-likeness (QED) is 0.323. The number of anilines is 1. The lowest BCUT2D eigenvalue weighted by atomic mass is 9.98. The first-order valence-corrected chi connectivity index (χ1v) is 13.5. The number of imidazole rings is 1. The molecule has 0 radical (unpaired) electrons. The molecule has 0 amide bonds. The normalized spacial score (nSPS) is 18.8. The van der Waals surface area contributed by atoms with Crippen LogP contribution >= 0.6 is 0 Å². The van der Waals surface area contributed by atoms with Crippen LogP contribution in [0.25, 0.3) is 32.9 Å². The molecule has 0 spiro atoms. The Morgan fingerprint density at radius 3 is 2.67 bits per heavy atom. The van der Waals surface area contributed by atoms with Crippen molar-refractivity contribution in [2.75, 3.05) is 24.6 Å². The van der Waals surface area contributed by atoms with E-state index in [4.69, 9.17) is 9.72 Å². The van der Waals surface area contributed by atoms with Crippen molar-refractivity contribution in [3.8, 4) is 23.0 Å². The molecule has 2 bridgehead atoms. The van der Waals surface area contributed by atoms with Crippen molar-refractivity contribution in [1.29, 1.82) is 0 Å². The number of piperidine rings is 1. The van der Waals surface area contributed by atoms with Gasteiger partial charge in [-0.3, -0.25) is 4.98 Å². The summed E-state index contributed by atoms with van der Waals surface area (Å²) in [5.74, 6) is 2.30. The van der Waals surface area contributed by atoms with E-state index in [0.29, 0.717) is 41.6 Å². The summed E-state index contributed by atoms with van der Waals surface area (Å²) >= 11 is 0. The Balaban J connectivity index is 1.33. The molecule has 198 valence electrons. The van der Waals surface area contributed by atoms with Gasteiger partial charge in [-0.25, -0.2) is 9.37 Å². The standard InChI is InChI=1S/C30H29FN6O2/c1-36-10-9-32-25(36)8-11-39-30-34-28-24(29(35-30)37-16-18-6-7-19(12-18)17-37)15-33-27(26(28)31)23-14-21(38)13-20-4-2-3-5-22(20)23/h2-5,9-10,13-15,18-19,38H,6-8,11-12,16-17H2,1H3. The SMILES string of the molecule is Cn1ccnc1CCOc1nc(N2CC3CCC(C3)C2)c2cnc(-c3cc(O)cc4ccccc34)c(F)c2n1. The van der Waals surface area contributed by atoms with Crippen molar-refractivity contribution in [2.24, 2.45) is 18.9 Å². The van der Waals surface area contributed by atoms with Gasteiger partial charge in [-0.15, -0.1) is 0 Å². The molecular formula is C30H29FN6O2. The van der Waals surface area contributed by atoms with Gasteiger partial charge in [0.2, 0.25) is 0 Å². The predicted molar refractivity (Wildman–Crippen MR) is 147 cm³/mol. The van der Waals surface area contributed by atoms with E-state index in [1.807, 2.05) is 42.1 Å². The lowest BCUT2D eigenvalue weighted by molar-refractivity contribution is 0.293. The number of phenolic OH excluding ortho intramolecular Hbond substituents is 1. The molecule has 2 fully saturated rings. The van der Waals surface area contributed by atoms with Crippen LogP contribution in [0.5, 0.6) is 11.8 Å². The maximum atomic E-state index is 16.4. The van der Waals surface area contributed by atoms with Gasteiger partial charge < -0.3 is 19.3 Å². The third-order valence-electron chi connectivity index (χ3n) is 8.13. The average Bonchev–Trinajstić information content (AvgIpc) is 3.51. The summed E-state index contributed by atoms with van der Waals surface area (Å²) in [5, 5.41) is 12.5. The zero-order valence-electron chi connectivity index (χ0n) is 21.7. The smallest absolute Gasteiger partial charge is 0.319 e. The summed E-state index contributed by atoms with van der Waals surface area (Å²) in [6.45, 7) is 2.09. The van der Waals surface area contributed by atoms with E-state index in [9.17, 15) is 5.11 Å². The fourth-order valence-electron chi connectivity index (χ4n) is 6.26. The number of fused-ring (bicyclic) bond motifs is 4. The first kappa shape index (κ1) is 23.8. The van der Waals surface area contributed by atoms with Gasteiger partial charge in [-0.2, -0.15) is 9.97 Å². The van der Waals surface area contributed by atoms with Gasteiger partial charge in [0.25, 0.3) is 0 Å². The number of ether oxygens (including phenoxy) is 1. The molecule has 2 atom stereocenters. The topological polar surface area (TPSA) is 89.2 Å². The number of hydrogen-bond acceptors (Lipinski definition) is 7. The van der Waals surface area contributed by atoms with Gasteiger partial charge in [0.1, 0.15) is 28.6 Å². The molecule has 2 aromatic carbocycles. The summed E-state index contributed by atoms with van der Waals surface area (Å²) in [5.41, 5.74) is 0.817. The zero-order valence-corrected chi connectivity index (χ0v) is 21.7. The van der Waals surface area contributed by atoms with E-state index in [2.05, 4.69) is 19.9 Å². The first-order chi connectivity index (χ1) is 19.0. The second-order valence-electron chi connectivity index (χ2n) is 10.7. The molecule has 1 aliphatic carbocycles. The molecule has 5 aromatic rings. The maximum Gasteiger partial charge on any atom is 0.319 e. The molecule has 1 N–H and O–H groups in total. The van der Waals surface area contributed by atoms with E-state index in [1.54, 1.807) is 24.5 Å².